The van der Waals surface area contributed by atoms with Gasteiger partial charge in [0, 0.05) is 26.2 Å². The van der Waals surface area contributed by atoms with Gasteiger partial charge in [-0.05, 0) is 25.0 Å². The number of imide groups is 1. The van der Waals surface area contributed by atoms with Crippen molar-refractivity contribution in [3.8, 4) is 0 Å². The Morgan fingerprint density at radius 3 is 2.12 bits per heavy atom. The maximum Gasteiger partial charge on any atom is 0.234 e. The number of fused-ring (bicyclic) bond motifs is 1. The monoisotopic (exact) mass is 345 g/mol. The Hall–Kier alpha value is -1.95. The van der Waals surface area contributed by atoms with Crippen molar-refractivity contribution < 1.29 is 14.0 Å². The van der Waals surface area contributed by atoms with E-state index in [9.17, 15) is 14.0 Å². The first kappa shape index (κ1) is 16.5. The number of hydrogen-bond acceptors (Lipinski definition) is 4. The van der Waals surface area contributed by atoms with Gasteiger partial charge in [-0.25, -0.2) is 4.39 Å². The molecular weight excluding hydrogens is 321 g/mol. The molecule has 4 rings (SSSR count). The summed E-state index contributed by atoms with van der Waals surface area (Å²) >= 11 is 0. The maximum atomic E-state index is 13.9. The van der Waals surface area contributed by atoms with E-state index >= 15 is 0 Å². The molecule has 1 saturated carbocycles. The second-order valence-electron chi connectivity index (χ2n) is 7.30. The summed E-state index contributed by atoms with van der Waals surface area (Å²) in [5.74, 6) is -0.329. The topological polar surface area (TPSA) is 43.9 Å². The smallest absolute Gasteiger partial charge is 0.234 e. The van der Waals surface area contributed by atoms with Gasteiger partial charge in [0.15, 0.2) is 0 Å². The van der Waals surface area contributed by atoms with E-state index < -0.39 is 0 Å². The van der Waals surface area contributed by atoms with Crippen LogP contribution in [0.5, 0.6) is 0 Å². The molecule has 6 heteroatoms. The van der Waals surface area contributed by atoms with E-state index in [1.165, 1.54) is 11.0 Å². The highest BCUT2D eigenvalue weighted by atomic mass is 19.1. The quantitative estimate of drug-likeness (QED) is 0.787. The van der Waals surface area contributed by atoms with Crippen LogP contribution in [0.4, 0.5) is 10.1 Å². The standard InChI is InChI=1S/C19H24FN3O2/c20-16-7-3-4-8-17(16)22-11-9-21(10-12-22)13-23-18(24)14-5-1-2-6-15(14)19(23)25/h3-4,7-8,14-15H,1-2,5-6,9-13H2. The minimum absolute atomic E-state index is 0.0197. The van der Waals surface area contributed by atoms with Gasteiger partial charge in [-0.3, -0.25) is 19.4 Å². The predicted octanol–water partition coefficient (Wildman–Crippen LogP) is 2.08. The molecule has 1 aromatic rings. The van der Waals surface area contributed by atoms with Crippen molar-refractivity contribution in [2.24, 2.45) is 11.8 Å². The van der Waals surface area contributed by atoms with Crippen LogP contribution in [-0.2, 0) is 9.59 Å². The second kappa shape index (κ2) is 6.75. The Morgan fingerprint density at radius 1 is 0.920 bits per heavy atom. The summed E-state index contributed by atoms with van der Waals surface area (Å²) in [6, 6.07) is 6.81. The third-order valence-corrected chi connectivity index (χ3v) is 5.84. The van der Waals surface area contributed by atoms with Gasteiger partial charge in [0.2, 0.25) is 11.8 Å². The molecule has 1 aromatic carbocycles. The summed E-state index contributed by atoms with van der Waals surface area (Å²) < 4.78 is 13.9. The molecular formula is C19H24FN3O2. The fraction of sp³-hybridized carbons (Fsp3) is 0.579. The minimum Gasteiger partial charge on any atom is -0.367 e. The van der Waals surface area contributed by atoms with Gasteiger partial charge < -0.3 is 4.90 Å². The van der Waals surface area contributed by atoms with E-state index in [4.69, 9.17) is 0 Å². The predicted molar refractivity (Wildman–Crippen MR) is 92.4 cm³/mol. The van der Waals surface area contributed by atoms with Crippen LogP contribution >= 0.6 is 0 Å². The number of carbonyl (C=O) groups is 2. The lowest BCUT2D eigenvalue weighted by Gasteiger charge is -2.37. The summed E-state index contributed by atoms with van der Waals surface area (Å²) in [6.07, 6.45) is 3.81. The number of anilines is 1. The lowest BCUT2D eigenvalue weighted by Crippen LogP contribution is -2.51. The van der Waals surface area contributed by atoms with E-state index in [-0.39, 0.29) is 29.5 Å². The third kappa shape index (κ3) is 3.03. The second-order valence-corrected chi connectivity index (χ2v) is 7.30. The first-order chi connectivity index (χ1) is 12.1. The van der Waals surface area contributed by atoms with E-state index in [1.807, 2.05) is 11.0 Å². The minimum atomic E-state index is -0.204. The summed E-state index contributed by atoms with van der Waals surface area (Å²) in [4.78, 5) is 30.8. The molecule has 5 nitrogen and oxygen atoms in total. The molecule has 2 heterocycles. The van der Waals surface area contributed by atoms with Crippen LogP contribution < -0.4 is 4.90 Å². The number of likely N-dealkylation sites (tertiary alicyclic amines) is 1. The van der Waals surface area contributed by atoms with E-state index in [2.05, 4.69) is 4.90 Å². The summed E-state index contributed by atoms with van der Waals surface area (Å²) in [5, 5.41) is 0. The molecule has 2 atom stereocenters. The largest absolute Gasteiger partial charge is 0.367 e. The number of halogens is 1. The number of hydrogen-bond donors (Lipinski definition) is 0. The Labute approximate surface area is 147 Å². The molecule has 0 spiro atoms. The molecule has 1 aliphatic carbocycles. The van der Waals surface area contributed by atoms with Gasteiger partial charge >= 0.3 is 0 Å². The first-order valence-corrected chi connectivity index (χ1v) is 9.22. The highest BCUT2D eigenvalue weighted by Crippen LogP contribution is 2.38. The molecule has 3 aliphatic rings. The molecule has 2 amide bonds. The molecule has 2 aliphatic heterocycles. The molecule has 25 heavy (non-hydrogen) atoms. The average molecular weight is 345 g/mol. The highest BCUT2D eigenvalue weighted by Gasteiger charge is 2.48. The molecule has 0 N–H and O–H groups in total. The lowest BCUT2D eigenvalue weighted by atomic mass is 9.81. The van der Waals surface area contributed by atoms with Crippen LogP contribution in [-0.4, -0.2) is 54.5 Å². The Kier molecular flexibility index (Phi) is 4.46. The Bertz CT molecular complexity index is 648. The molecule has 3 fully saturated rings. The van der Waals surface area contributed by atoms with Gasteiger partial charge in [0.25, 0.3) is 0 Å². The highest BCUT2D eigenvalue weighted by molar-refractivity contribution is 6.05. The zero-order valence-electron chi connectivity index (χ0n) is 14.4. The van der Waals surface area contributed by atoms with Crippen LogP contribution in [0.2, 0.25) is 0 Å². The Morgan fingerprint density at radius 2 is 1.52 bits per heavy atom. The van der Waals surface area contributed by atoms with Gasteiger partial charge in [-0.2, -0.15) is 0 Å². The third-order valence-electron chi connectivity index (χ3n) is 5.84. The number of nitrogens with zero attached hydrogens (tertiary/aromatic N) is 3. The zero-order chi connectivity index (χ0) is 17.4. The number of para-hydroxylation sites is 1. The van der Waals surface area contributed by atoms with Crippen molar-refractivity contribution in [3.63, 3.8) is 0 Å². The number of benzene rings is 1. The van der Waals surface area contributed by atoms with Crippen molar-refractivity contribution in [2.45, 2.75) is 25.7 Å². The van der Waals surface area contributed by atoms with Gasteiger partial charge in [-0.15, -0.1) is 0 Å². The Balaban J connectivity index is 1.37. The molecule has 2 saturated heterocycles. The zero-order valence-corrected chi connectivity index (χ0v) is 14.4. The van der Waals surface area contributed by atoms with Crippen molar-refractivity contribution >= 4 is 17.5 Å². The lowest BCUT2D eigenvalue weighted by molar-refractivity contribution is -0.142. The van der Waals surface area contributed by atoms with E-state index in [1.54, 1.807) is 12.1 Å². The van der Waals surface area contributed by atoms with Crippen molar-refractivity contribution in [3.05, 3.63) is 30.1 Å². The number of rotatable bonds is 3. The molecule has 134 valence electrons. The number of carbonyl (C=O) groups excluding carboxylic acids is 2. The SMILES string of the molecule is O=C1C2CCCCC2C(=O)N1CN1CCN(c2ccccc2F)CC1. The van der Waals surface area contributed by atoms with Crippen LogP contribution in [0, 0.1) is 17.7 Å². The maximum absolute atomic E-state index is 13.9. The fourth-order valence-corrected chi connectivity index (χ4v) is 4.41. The summed E-state index contributed by atoms with van der Waals surface area (Å²) in [6.45, 7) is 3.23. The summed E-state index contributed by atoms with van der Waals surface area (Å²) in [5.41, 5.74) is 0.626. The van der Waals surface area contributed by atoms with Crippen LogP contribution in [0.3, 0.4) is 0 Å². The molecule has 2 unspecified atom stereocenters. The van der Waals surface area contributed by atoms with Gasteiger partial charge in [0.05, 0.1) is 24.2 Å². The van der Waals surface area contributed by atoms with Gasteiger partial charge in [-0.1, -0.05) is 25.0 Å². The van der Waals surface area contributed by atoms with Crippen LogP contribution in [0.25, 0.3) is 0 Å². The van der Waals surface area contributed by atoms with Gasteiger partial charge in [0.1, 0.15) is 5.82 Å². The van der Waals surface area contributed by atoms with E-state index in [0.29, 0.717) is 25.4 Å². The summed E-state index contributed by atoms with van der Waals surface area (Å²) in [7, 11) is 0. The number of amides is 2. The normalized spacial score (nSPS) is 27.7. The fourth-order valence-electron chi connectivity index (χ4n) is 4.41. The van der Waals surface area contributed by atoms with Crippen molar-refractivity contribution in [1.29, 1.82) is 0 Å². The molecule has 0 bridgehead atoms. The van der Waals surface area contributed by atoms with Crippen LogP contribution in [0.1, 0.15) is 25.7 Å². The van der Waals surface area contributed by atoms with E-state index in [0.717, 1.165) is 38.8 Å². The first-order valence-electron chi connectivity index (χ1n) is 9.22. The molecule has 0 radical (unpaired) electrons. The van der Waals surface area contributed by atoms with Crippen LogP contribution in [0.15, 0.2) is 24.3 Å². The number of piperazine rings is 1. The van der Waals surface area contributed by atoms with Crippen molar-refractivity contribution in [1.82, 2.24) is 9.80 Å². The van der Waals surface area contributed by atoms with Crippen molar-refractivity contribution in [2.75, 3.05) is 37.7 Å². The average Bonchev–Trinajstić information content (AvgIpc) is 2.88. The molecule has 0 aromatic heterocycles.